The molecule has 0 atom stereocenters. The number of carbonyl (C=O) groups excluding carboxylic acids is 1. The van der Waals surface area contributed by atoms with Gasteiger partial charge in [-0.3, -0.25) is 9.78 Å². The van der Waals surface area contributed by atoms with Crippen LogP contribution in [0.5, 0.6) is 0 Å². The van der Waals surface area contributed by atoms with Crippen LogP contribution in [0.2, 0.25) is 0 Å². The molecule has 2 aromatic rings. The molecule has 0 aliphatic carbocycles. The lowest BCUT2D eigenvalue weighted by molar-refractivity contribution is -0.115. The number of pyridine rings is 1. The van der Waals surface area contributed by atoms with Crippen LogP contribution in [-0.2, 0) is 17.6 Å². The van der Waals surface area contributed by atoms with Crippen LogP contribution in [0.15, 0.2) is 24.5 Å². The average Bonchev–Trinajstić information content (AvgIpc) is 2.76. The third-order valence-corrected chi connectivity index (χ3v) is 3.24. The molecule has 0 aliphatic rings. The highest BCUT2D eigenvalue weighted by Crippen LogP contribution is 2.18. The van der Waals surface area contributed by atoms with Gasteiger partial charge < -0.3 is 5.32 Å². The third-order valence-electron chi connectivity index (χ3n) is 2.38. The summed E-state index contributed by atoms with van der Waals surface area (Å²) < 4.78 is 0. The van der Waals surface area contributed by atoms with Crippen molar-refractivity contribution in [2.45, 2.75) is 26.7 Å². The smallest absolute Gasteiger partial charge is 0.230 e. The standard InChI is InChI=1S/C13H16N4OS/c1-9(2)6-12-16-17-13(19-12)15-11(18)7-10-4-3-5-14-8-10/h3-5,8-9H,6-7H2,1-2H3,(H,15,17,18). The van der Waals surface area contributed by atoms with E-state index in [0.717, 1.165) is 17.0 Å². The van der Waals surface area contributed by atoms with Gasteiger partial charge in [-0.25, -0.2) is 0 Å². The first-order valence-corrected chi connectivity index (χ1v) is 6.96. The fourth-order valence-electron chi connectivity index (χ4n) is 1.59. The van der Waals surface area contributed by atoms with E-state index >= 15 is 0 Å². The van der Waals surface area contributed by atoms with E-state index in [1.165, 1.54) is 11.3 Å². The van der Waals surface area contributed by atoms with E-state index in [4.69, 9.17) is 0 Å². The van der Waals surface area contributed by atoms with Crippen molar-refractivity contribution in [1.82, 2.24) is 15.2 Å². The Morgan fingerprint density at radius 2 is 2.26 bits per heavy atom. The second-order valence-electron chi connectivity index (χ2n) is 4.69. The van der Waals surface area contributed by atoms with Crippen LogP contribution in [0.1, 0.15) is 24.4 Å². The van der Waals surface area contributed by atoms with Crippen molar-refractivity contribution in [1.29, 1.82) is 0 Å². The summed E-state index contributed by atoms with van der Waals surface area (Å²) in [5.41, 5.74) is 0.881. The highest BCUT2D eigenvalue weighted by atomic mass is 32.1. The van der Waals surface area contributed by atoms with Crippen LogP contribution in [0.3, 0.4) is 0 Å². The molecule has 0 unspecified atom stereocenters. The molecular weight excluding hydrogens is 260 g/mol. The predicted octanol–water partition coefficient (Wildman–Crippen LogP) is 2.31. The summed E-state index contributed by atoms with van der Waals surface area (Å²) in [4.78, 5) is 15.8. The summed E-state index contributed by atoms with van der Waals surface area (Å²) in [7, 11) is 0. The normalized spacial score (nSPS) is 10.7. The maximum atomic E-state index is 11.8. The molecular formula is C13H16N4OS. The van der Waals surface area contributed by atoms with Crippen molar-refractivity contribution < 1.29 is 4.79 Å². The number of nitrogens with zero attached hydrogens (tertiary/aromatic N) is 3. The van der Waals surface area contributed by atoms with Gasteiger partial charge in [-0.2, -0.15) is 0 Å². The maximum absolute atomic E-state index is 11.8. The molecule has 1 N–H and O–H groups in total. The number of anilines is 1. The highest BCUT2D eigenvalue weighted by molar-refractivity contribution is 7.15. The van der Waals surface area contributed by atoms with E-state index in [-0.39, 0.29) is 5.91 Å². The van der Waals surface area contributed by atoms with Crippen molar-refractivity contribution >= 4 is 22.4 Å². The van der Waals surface area contributed by atoms with E-state index in [1.807, 2.05) is 12.1 Å². The lowest BCUT2D eigenvalue weighted by Gasteiger charge is -2.00. The summed E-state index contributed by atoms with van der Waals surface area (Å²) in [6.07, 6.45) is 4.55. The van der Waals surface area contributed by atoms with E-state index in [0.29, 0.717) is 17.5 Å². The quantitative estimate of drug-likeness (QED) is 0.910. The largest absolute Gasteiger partial charge is 0.300 e. The lowest BCUT2D eigenvalue weighted by Crippen LogP contribution is -2.14. The van der Waals surface area contributed by atoms with Gasteiger partial charge in [-0.05, 0) is 17.5 Å². The Morgan fingerprint density at radius 1 is 1.42 bits per heavy atom. The summed E-state index contributed by atoms with van der Waals surface area (Å²) >= 11 is 1.43. The van der Waals surface area contributed by atoms with Gasteiger partial charge in [0.25, 0.3) is 0 Å². The molecule has 2 rings (SSSR count). The van der Waals surface area contributed by atoms with Crippen molar-refractivity contribution in [3.05, 3.63) is 35.1 Å². The van der Waals surface area contributed by atoms with Crippen molar-refractivity contribution in [2.24, 2.45) is 5.92 Å². The van der Waals surface area contributed by atoms with Gasteiger partial charge in [0.2, 0.25) is 11.0 Å². The summed E-state index contributed by atoms with van der Waals surface area (Å²) in [6, 6.07) is 3.69. The monoisotopic (exact) mass is 276 g/mol. The van der Waals surface area contributed by atoms with Crippen molar-refractivity contribution in [3.8, 4) is 0 Å². The fraction of sp³-hybridized carbons (Fsp3) is 0.385. The van der Waals surface area contributed by atoms with Gasteiger partial charge in [0.1, 0.15) is 5.01 Å². The maximum Gasteiger partial charge on any atom is 0.230 e. The molecule has 6 heteroatoms. The molecule has 1 amide bonds. The predicted molar refractivity (Wildman–Crippen MR) is 75.0 cm³/mol. The van der Waals surface area contributed by atoms with E-state index in [1.54, 1.807) is 12.4 Å². The van der Waals surface area contributed by atoms with Gasteiger partial charge in [-0.15, -0.1) is 10.2 Å². The Labute approximate surface area is 116 Å². The van der Waals surface area contributed by atoms with Gasteiger partial charge in [0.15, 0.2) is 0 Å². The van der Waals surface area contributed by atoms with Crippen molar-refractivity contribution in [2.75, 3.05) is 5.32 Å². The summed E-state index contributed by atoms with van der Waals surface area (Å²) in [5, 5.41) is 12.3. The SMILES string of the molecule is CC(C)Cc1nnc(NC(=O)Cc2cccnc2)s1. The third kappa shape index (κ3) is 4.40. The second kappa shape index (κ2) is 6.38. The van der Waals surface area contributed by atoms with Crippen LogP contribution < -0.4 is 5.32 Å². The number of carbonyl (C=O) groups is 1. The first kappa shape index (κ1) is 13.6. The minimum Gasteiger partial charge on any atom is -0.300 e. The molecule has 0 aliphatic heterocycles. The Morgan fingerprint density at radius 3 is 2.95 bits per heavy atom. The summed E-state index contributed by atoms with van der Waals surface area (Å²) in [6.45, 7) is 4.25. The zero-order valence-corrected chi connectivity index (χ0v) is 11.8. The Balaban J connectivity index is 1.90. The number of rotatable bonds is 5. The van der Waals surface area contributed by atoms with Crippen LogP contribution in [-0.4, -0.2) is 21.1 Å². The minimum absolute atomic E-state index is 0.0970. The van der Waals surface area contributed by atoms with Crippen LogP contribution >= 0.6 is 11.3 Å². The van der Waals surface area contributed by atoms with Gasteiger partial charge in [0.05, 0.1) is 6.42 Å². The molecule has 0 radical (unpaired) electrons. The van der Waals surface area contributed by atoms with Gasteiger partial charge >= 0.3 is 0 Å². The molecule has 0 saturated carbocycles. The molecule has 0 bridgehead atoms. The average molecular weight is 276 g/mol. The lowest BCUT2D eigenvalue weighted by atomic mass is 10.1. The molecule has 0 fully saturated rings. The number of aromatic nitrogens is 3. The Kier molecular flexibility index (Phi) is 4.57. The van der Waals surface area contributed by atoms with E-state index in [9.17, 15) is 4.79 Å². The Hall–Kier alpha value is -1.82. The number of hydrogen-bond donors (Lipinski definition) is 1. The van der Waals surface area contributed by atoms with E-state index in [2.05, 4.69) is 34.3 Å². The molecule has 0 spiro atoms. The second-order valence-corrected chi connectivity index (χ2v) is 5.75. The molecule has 100 valence electrons. The highest BCUT2D eigenvalue weighted by Gasteiger charge is 2.09. The van der Waals surface area contributed by atoms with E-state index < -0.39 is 0 Å². The molecule has 0 aromatic carbocycles. The van der Waals surface area contributed by atoms with Gasteiger partial charge in [-0.1, -0.05) is 31.3 Å². The Bertz CT molecular complexity index is 539. The number of hydrogen-bond acceptors (Lipinski definition) is 5. The summed E-state index contributed by atoms with van der Waals surface area (Å²) in [5.74, 6) is 0.437. The zero-order valence-electron chi connectivity index (χ0n) is 11.0. The number of amides is 1. The molecule has 19 heavy (non-hydrogen) atoms. The van der Waals surface area contributed by atoms with Crippen molar-refractivity contribution in [3.63, 3.8) is 0 Å². The first-order chi connectivity index (χ1) is 9.13. The molecule has 2 aromatic heterocycles. The van der Waals surface area contributed by atoms with Crippen LogP contribution in [0.25, 0.3) is 0 Å². The fourth-order valence-corrected chi connectivity index (χ4v) is 2.56. The molecule has 2 heterocycles. The minimum atomic E-state index is -0.0970. The molecule has 0 saturated heterocycles. The van der Waals surface area contributed by atoms with Crippen LogP contribution in [0.4, 0.5) is 5.13 Å². The number of nitrogens with one attached hydrogen (secondary N) is 1. The first-order valence-electron chi connectivity index (χ1n) is 6.14. The zero-order chi connectivity index (χ0) is 13.7. The van der Waals surface area contributed by atoms with Crippen LogP contribution in [0, 0.1) is 5.92 Å². The topological polar surface area (TPSA) is 67.8 Å². The molecule has 5 nitrogen and oxygen atoms in total. The van der Waals surface area contributed by atoms with Gasteiger partial charge in [0, 0.05) is 18.8 Å².